The summed E-state index contributed by atoms with van der Waals surface area (Å²) >= 11 is 1.16. The lowest BCUT2D eigenvalue weighted by Crippen LogP contribution is -2.39. The van der Waals surface area contributed by atoms with E-state index in [0.29, 0.717) is 10.8 Å². The van der Waals surface area contributed by atoms with Gasteiger partial charge >= 0.3 is 0 Å². The number of benzene rings is 1. The zero-order valence-electron chi connectivity index (χ0n) is 11.6. The van der Waals surface area contributed by atoms with Gasteiger partial charge in [0.2, 0.25) is 11.0 Å². The average molecular weight is 334 g/mol. The molecular formula is C13H11FN6O2S. The Balaban J connectivity index is 1.84. The van der Waals surface area contributed by atoms with Crippen molar-refractivity contribution in [1.29, 1.82) is 0 Å². The van der Waals surface area contributed by atoms with Crippen LogP contribution < -0.4 is 16.1 Å². The molecule has 1 aromatic carbocycles. The second-order valence-corrected chi connectivity index (χ2v) is 5.52. The largest absolute Gasteiger partial charge is 0.368 e. The average Bonchev–Trinajstić information content (AvgIpc) is 3.17. The summed E-state index contributed by atoms with van der Waals surface area (Å²) in [5.41, 5.74) is 7.45. The van der Waals surface area contributed by atoms with Crippen LogP contribution in [0.5, 0.6) is 0 Å². The van der Waals surface area contributed by atoms with Crippen LogP contribution in [0, 0.1) is 5.82 Å². The number of amides is 2. The molecule has 1 aliphatic heterocycles. The molecule has 0 aliphatic carbocycles. The number of primary amides is 1. The van der Waals surface area contributed by atoms with Crippen molar-refractivity contribution in [2.75, 3.05) is 10.3 Å². The molecule has 0 radical (unpaired) electrons. The molecule has 0 saturated heterocycles. The van der Waals surface area contributed by atoms with Gasteiger partial charge in [0.25, 0.3) is 5.91 Å². The summed E-state index contributed by atoms with van der Waals surface area (Å²) in [4.78, 5) is 23.8. The summed E-state index contributed by atoms with van der Waals surface area (Å²) in [6.45, 7) is 0. The molecule has 1 aliphatic rings. The number of nitrogens with two attached hydrogens (primary N) is 1. The minimum Gasteiger partial charge on any atom is -0.368 e. The van der Waals surface area contributed by atoms with Crippen molar-refractivity contribution in [3.05, 3.63) is 35.6 Å². The molecule has 23 heavy (non-hydrogen) atoms. The quantitative estimate of drug-likeness (QED) is 0.856. The standard InChI is InChI=1S/C13H11FN6O2S/c14-7-1-3-8(4-2-7)20-10(11(15)21)5-9(19-20)12(22)17-13-18-16-6-23-13/h1-4,6,10H,5H2,(H2,15,21)(H,17,18,22)/t10-/m0/s1. The van der Waals surface area contributed by atoms with Crippen LogP contribution in [0.1, 0.15) is 6.42 Å². The second-order valence-electron chi connectivity index (χ2n) is 4.69. The molecule has 0 unspecified atom stereocenters. The third-order valence-corrected chi connectivity index (χ3v) is 3.78. The first-order valence-electron chi connectivity index (χ1n) is 6.53. The Morgan fingerprint density at radius 3 is 2.70 bits per heavy atom. The molecule has 1 atom stereocenters. The van der Waals surface area contributed by atoms with E-state index in [2.05, 4.69) is 20.6 Å². The van der Waals surface area contributed by atoms with E-state index in [1.807, 2.05) is 0 Å². The number of carbonyl (C=O) groups excluding carboxylic acids is 2. The number of nitrogens with zero attached hydrogens (tertiary/aromatic N) is 4. The Bertz CT molecular complexity index is 761. The number of hydrogen-bond donors (Lipinski definition) is 2. The highest BCUT2D eigenvalue weighted by atomic mass is 32.1. The molecule has 0 saturated carbocycles. The Hall–Kier alpha value is -2.88. The number of aromatic nitrogens is 2. The SMILES string of the molecule is NC(=O)[C@@H]1CC(C(=O)Nc2nncs2)=NN1c1ccc(F)cc1. The maximum atomic E-state index is 13.0. The van der Waals surface area contributed by atoms with Crippen LogP contribution in [-0.4, -0.2) is 33.8 Å². The number of hydrogen-bond acceptors (Lipinski definition) is 7. The molecule has 118 valence electrons. The Morgan fingerprint density at radius 1 is 1.35 bits per heavy atom. The molecule has 3 rings (SSSR count). The number of halogens is 1. The minimum absolute atomic E-state index is 0.0529. The topological polar surface area (TPSA) is 114 Å². The molecule has 10 heteroatoms. The maximum Gasteiger partial charge on any atom is 0.273 e. The van der Waals surface area contributed by atoms with Gasteiger partial charge in [0.05, 0.1) is 5.69 Å². The van der Waals surface area contributed by atoms with E-state index in [9.17, 15) is 14.0 Å². The van der Waals surface area contributed by atoms with E-state index in [0.717, 1.165) is 11.3 Å². The molecule has 0 fully saturated rings. The number of nitrogens with one attached hydrogen (secondary N) is 1. The molecule has 0 bridgehead atoms. The lowest BCUT2D eigenvalue weighted by molar-refractivity contribution is -0.119. The first-order chi connectivity index (χ1) is 11.0. The van der Waals surface area contributed by atoms with Crippen molar-refractivity contribution in [2.24, 2.45) is 10.8 Å². The van der Waals surface area contributed by atoms with E-state index >= 15 is 0 Å². The molecule has 1 aromatic heterocycles. The fourth-order valence-electron chi connectivity index (χ4n) is 2.10. The van der Waals surface area contributed by atoms with Gasteiger partial charge in [-0.05, 0) is 24.3 Å². The molecular weight excluding hydrogens is 323 g/mol. The second kappa shape index (κ2) is 6.08. The zero-order chi connectivity index (χ0) is 16.4. The van der Waals surface area contributed by atoms with Crippen LogP contribution >= 0.6 is 11.3 Å². The van der Waals surface area contributed by atoms with Crippen LogP contribution in [0.4, 0.5) is 15.2 Å². The lowest BCUT2D eigenvalue weighted by atomic mass is 10.1. The zero-order valence-corrected chi connectivity index (χ0v) is 12.5. The summed E-state index contributed by atoms with van der Waals surface area (Å²) in [5, 5.41) is 15.6. The van der Waals surface area contributed by atoms with Crippen LogP contribution in [0.2, 0.25) is 0 Å². The van der Waals surface area contributed by atoms with Crippen LogP contribution in [0.25, 0.3) is 0 Å². The van der Waals surface area contributed by atoms with E-state index in [1.165, 1.54) is 34.8 Å². The van der Waals surface area contributed by atoms with Gasteiger partial charge in [-0.25, -0.2) is 4.39 Å². The number of anilines is 2. The molecule has 2 aromatic rings. The molecule has 2 heterocycles. The van der Waals surface area contributed by atoms with Crippen molar-refractivity contribution in [3.8, 4) is 0 Å². The minimum atomic E-state index is -0.810. The lowest BCUT2D eigenvalue weighted by Gasteiger charge is -2.20. The van der Waals surface area contributed by atoms with Gasteiger partial charge in [-0.3, -0.25) is 19.9 Å². The summed E-state index contributed by atoms with van der Waals surface area (Å²) < 4.78 is 13.0. The van der Waals surface area contributed by atoms with E-state index < -0.39 is 23.7 Å². The van der Waals surface area contributed by atoms with Gasteiger partial charge in [-0.15, -0.1) is 10.2 Å². The van der Waals surface area contributed by atoms with E-state index in [1.54, 1.807) is 0 Å². The van der Waals surface area contributed by atoms with Crippen molar-refractivity contribution in [1.82, 2.24) is 10.2 Å². The van der Waals surface area contributed by atoms with E-state index in [-0.39, 0.29) is 12.1 Å². The monoisotopic (exact) mass is 334 g/mol. The Morgan fingerprint density at radius 2 is 2.09 bits per heavy atom. The van der Waals surface area contributed by atoms with Gasteiger partial charge in [0.15, 0.2) is 0 Å². The Kier molecular flexibility index (Phi) is 3.98. The highest BCUT2D eigenvalue weighted by Crippen LogP contribution is 2.25. The smallest absolute Gasteiger partial charge is 0.273 e. The maximum absolute atomic E-state index is 13.0. The number of hydrazone groups is 1. The van der Waals surface area contributed by atoms with Crippen molar-refractivity contribution < 1.29 is 14.0 Å². The van der Waals surface area contributed by atoms with E-state index in [4.69, 9.17) is 5.73 Å². The predicted molar refractivity (Wildman–Crippen MR) is 82.5 cm³/mol. The van der Waals surface area contributed by atoms with Gasteiger partial charge < -0.3 is 5.73 Å². The summed E-state index contributed by atoms with van der Waals surface area (Å²) in [7, 11) is 0. The highest BCUT2D eigenvalue weighted by molar-refractivity contribution is 7.13. The molecule has 2 amide bonds. The van der Waals surface area contributed by atoms with Gasteiger partial charge in [0.1, 0.15) is 23.1 Å². The molecule has 8 nitrogen and oxygen atoms in total. The van der Waals surface area contributed by atoms with Crippen molar-refractivity contribution >= 4 is 39.7 Å². The Labute approximate surface area is 133 Å². The van der Waals surface area contributed by atoms with Crippen molar-refractivity contribution in [2.45, 2.75) is 12.5 Å². The number of rotatable bonds is 4. The van der Waals surface area contributed by atoms with Gasteiger partial charge in [-0.1, -0.05) is 11.3 Å². The highest BCUT2D eigenvalue weighted by Gasteiger charge is 2.35. The first kappa shape index (κ1) is 15.0. The normalized spacial score (nSPS) is 17.0. The molecule has 0 spiro atoms. The van der Waals surface area contributed by atoms with Crippen LogP contribution in [-0.2, 0) is 9.59 Å². The third kappa shape index (κ3) is 3.16. The van der Waals surface area contributed by atoms with Crippen LogP contribution in [0.15, 0.2) is 34.9 Å². The summed E-state index contributed by atoms with van der Waals surface area (Å²) in [6, 6.07) is 4.58. The van der Waals surface area contributed by atoms with Crippen molar-refractivity contribution in [3.63, 3.8) is 0 Å². The van der Waals surface area contributed by atoms with Gasteiger partial charge in [0, 0.05) is 6.42 Å². The first-order valence-corrected chi connectivity index (χ1v) is 7.41. The summed E-state index contributed by atoms with van der Waals surface area (Å²) in [5.74, 6) is -1.53. The molecule has 3 N–H and O–H groups in total. The number of carbonyl (C=O) groups is 2. The summed E-state index contributed by atoms with van der Waals surface area (Å²) in [6.07, 6.45) is 0.0529. The van der Waals surface area contributed by atoms with Gasteiger partial charge in [-0.2, -0.15) is 5.10 Å². The predicted octanol–water partition coefficient (Wildman–Crippen LogP) is 0.736. The fourth-order valence-corrected chi connectivity index (χ4v) is 2.54. The van der Waals surface area contributed by atoms with Crippen LogP contribution in [0.3, 0.4) is 0 Å². The third-order valence-electron chi connectivity index (χ3n) is 3.17. The fraction of sp³-hybridized carbons (Fsp3) is 0.154.